The molecule has 3 aromatic rings. The number of aromatic nitrogens is 1. The summed E-state index contributed by atoms with van der Waals surface area (Å²) in [7, 11) is 0. The van der Waals surface area contributed by atoms with E-state index in [2.05, 4.69) is 26.2 Å². The molecule has 0 radical (unpaired) electrons. The van der Waals surface area contributed by atoms with E-state index in [0.717, 1.165) is 45.8 Å². The van der Waals surface area contributed by atoms with Gasteiger partial charge >= 0.3 is 0 Å². The Bertz CT molecular complexity index is 1070. The molecule has 0 saturated heterocycles. The fourth-order valence-electron chi connectivity index (χ4n) is 3.35. The third-order valence-corrected chi connectivity index (χ3v) is 5.34. The number of H-pyrrole nitrogens is 1. The van der Waals surface area contributed by atoms with E-state index >= 15 is 0 Å². The number of hydrogen-bond acceptors (Lipinski definition) is 2. The van der Waals surface area contributed by atoms with Crippen LogP contribution in [0.2, 0.25) is 5.02 Å². The van der Waals surface area contributed by atoms with Gasteiger partial charge in [0.15, 0.2) is 0 Å². The third-order valence-electron chi connectivity index (χ3n) is 4.52. The quantitative estimate of drug-likeness (QED) is 0.636. The maximum absolute atomic E-state index is 12.5. The summed E-state index contributed by atoms with van der Waals surface area (Å²) < 4.78 is 0.778. The van der Waals surface area contributed by atoms with Crippen LogP contribution in [0.1, 0.15) is 27.9 Å². The Balaban J connectivity index is 1.71. The number of aromatic amines is 1. The smallest absolute Gasteiger partial charge is 0.257 e. The summed E-state index contributed by atoms with van der Waals surface area (Å²) in [5.74, 6) is -0.297. The number of rotatable bonds is 2. The molecule has 126 valence electrons. The number of carbonyl (C=O) groups excluding carboxylic acids is 1. The number of halogens is 2. The van der Waals surface area contributed by atoms with Crippen LogP contribution in [0, 0.1) is 0 Å². The molecule has 0 unspecified atom stereocenters. The highest BCUT2D eigenvalue weighted by atomic mass is 79.9. The minimum Gasteiger partial charge on any atom is -0.322 e. The van der Waals surface area contributed by atoms with Crippen molar-refractivity contribution in [2.45, 2.75) is 19.3 Å². The van der Waals surface area contributed by atoms with Crippen molar-refractivity contribution in [1.29, 1.82) is 0 Å². The summed E-state index contributed by atoms with van der Waals surface area (Å²) in [6.45, 7) is 0. The standard InChI is InChI=1S/C19H14BrClN2O2/c20-10-4-7-16(21)15(8-10)19(25)22-11-5-6-13-12-2-1-3-14(12)18(24)23-17(13)9-11/h4-9H,1-3H2,(H,22,25)(H,23,24). The summed E-state index contributed by atoms with van der Waals surface area (Å²) in [4.78, 5) is 27.6. The molecule has 1 aromatic heterocycles. The molecule has 2 N–H and O–H groups in total. The highest BCUT2D eigenvalue weighted by molar-refractivity contribution is 9.10. The lowest BCUT2D eigenvalue weighted by Gasteiger charge is -2.10. The van der Waals surface area contributed by atoms with Crippen molar-refractivity contribution in [2.75, 3.05) is 5.32 Å². The van der Waals surface area contributed by atoms with Gasteiger partial charge in [-0.3, -0.25) is 9.59 Å². The molecule has 0 aliphatic heterocycles. The monoisotopic (exact) mass is 416 g/mol. The average molecular weight is 418 g/mol. The summed E-state index contributed by atoms with van der Waals surface area (Å²) in [6.07, 6.45) is 2.77. The SMILES string of the molecule is O=C(Nc1ccc2c3c(c(=O)[nH]c2c1)CCC3)c1cc(Br)ccc1Cl. The molecule has 0 fully saturated rings. The lowest BCUT2D eigenvalue weighted by Crippen LogP contribution is -2.14. The summed E-state index contributed by atoms with van der Waals surface area (Å²) in [5.41, 5.74) is 3.74. The van der Waals surface area contributed by atoms with Gasteiger partial charge in [-0.25, -0.2) is 0 Å². The minimum absolute atomic E-state index is 0.0292. The van der Waals surface area contributed by atoms with E-state index in [4.69, 9.17) is 11.6 Å². The van der Waals surface area contributed by atoms with Crippen LogP contribution >= 0.6 is 27.5 Å². The van der Waals surface area contributed by atoms with Crippen molar-refractivity contribution in [3.63, 3.8) is 0 Å². The number of benzene rings is 2. The van der Waals surface area contributed by atoms with Gasteiger partial charge in [0.2, 0.25) is 0 Å². The van der Waals surface area contributed by atoms with Gasteiger partial charge in [0.1, 0.15) is 0 Å². The maximum Gasteiger partial charge on any atom is 0.257 e. The van der Waals surface area contributed by atoms with Crippen LogP contribution in [0.3, 0.4) is 0 Å². The number of amides is 1. The first-order valence-electron chi connectivity index (χ1n) is 7.97. The van der Waals surface area contributed by atoms with Crippen molar-refractivity contribution in [3.05, 3.63) is 72.9 Å². The second-order valence-electron chi connectivity index (χ2n) is 6.10. The Hall–Kier alpha value is -2.11. The lowest BCUT2D eigenvalue weighted by molar-refractivity contribution is 0.102. The third kappa shape index (κ3) is 2.98. The number of aryl methyl sites for hydroxylation is 1. The fourth-order valence-corrected chi connectivity index (χ4v) is 3.91. The van der Waals surface area contributed by atoms with Crippen LogP contribution in [0.4, 0.5) is 5.69 Å². The fraction of sp³-hybridized carbons (Fsp3) is 0.158. The second-order valence-corrected chi connectivity index (χ2v) is 7.43. The Morgan fingerprint density at radius 1 is 1.12 bits per heavy atom. The van der Waals surface area contributed by atoms with Crippen LogP contribution in [-0.4, -0.2) is 10.9 Å². The summed E-state index contributed by atoms with van der Waals surface area (Å²) >= 11 is 9.45. The van der Waals surface area contributed by atoms with E-state index in [1.54, 1.807) is 24.3 Å². The van der Waals surface area contributed by atoms with Crippen LogP contribution in [0.5, 0.6) is 0 Å². The van der Waals surface area contributed by atoms with Gasteiger partial charge in [-0.15, -0.1) is 0 Å². The van der Waals surface area contributed by atoms with Gasteiger partial charge in [0.05, 0.1) is 16.1 Å². The van der Waals surface area contributed by atoms with E-state index in [1.165, 1.54) is 0 Å². The molecule has 4 nitrogen and oxygen atoms in total. The molecule has 1 aliphatic rings. The Labute approximate surface area is 157 Å². The predicted molar refractivity (Wildman–Crippen MR) is 104 cm³/mol. The van der Waals surface area contributed by atoms with Gasteiger partial charge in [-0.1, -0.05) is 33.6 Å². The molecule has 6 heteroatoms. The molecule has 0 atom stereocenters. The average Bonchev–Trinajstić information content (AvgIpc) is 3.07. The molecular formula is C19H14BrClN2O2. The Kier molecular flexibility index (Phi) is 4.13. The molecule has 1 heterocycles. The summed E-state index contributed by atoms with van der Waals surface area (Å²) in [5, 5.41) is 4.27. The Morgan fingerprint density at radius 3 is 2.76 bits per heavy atom. The highest BCUT2D eigenvalue weighted by Crippen LogP contribution is 2.28. The largest absolute Gasteiger partial charge is 0.322 e. The number of fused-ring (bicyclic) bond motifs is 3. The van der Waals surface area contributed by atoms with Crippen molar-refractivity contribution in [1.82, 2.24) is 4.98 Å². The minimum atomic E-state index is -0.297. The number of nitrogens with one attached hydrogen (secondary N) is 2. The van der Waals surface area contributed by atoms with Gasteiger partial charge in [0.25, 0.3) is 11.5 Å². The topological polar surface area (TPSA) is 62.0 Å². The zero-order valence-electron chi connectivity index (χ0n) is 13.2. The lowest BCUT2D eigenvalue weighted by atomic mass is 10.1. The molecule has 0 spiro atoms. The van der Waals surface area contributed by atoms with Crippen LogP contribution in [0.15, 0.2) is 45.7 Å². The molecule has 2 aromatic carbocycles. The highest BCUT2D eigenvalue weighted by Gasteiger charge is 2.18. The van der Waals surface area contributed by atoms with E-state index < -0.39 is 0 Å². The summed E-state index contributed by atoms with van der Waals surface area (Å²) in [6, 6.07) is 10.7. The predicted octanol–water partition coefficient (Wildman–Crippen LogP) is 4.69. The van der Waals surface area contributed by atoms with E-state index in [9.17, 15) is 9.59 Å². The zero-order chi connectivity index (χ0) is 17.6. The molecule has 25 heavy (non-hydrogen) atoms. The van der Waals surface area contributed by atoms with Crippen molar-refractivity contribution < 1.29 is 4.79 Å². The number of hydrogen-bond donors (Lipinski definition) is 2. The molecule has 0 bridgehead atoms. The van der Waals surface area contributed by atoms with Gasteiger partial charge < -0.3 is 10.3 Å². The first-order chi connectivity index (χ1) is 12.0. The van der Waals surface area contributed by atoms with Gasteiger partial charge in [0, 0.05) is 21.1 Å². The maximum atomic E-state index is 12.5. The number of carbonyl (C=O) groups is 1. The van der Waals surface area contributed by atoms with E-state index in [1.807, 2.05) is 12.1 Å². The van der Waals surface area contributed by atoms with Crippen molar-refractivity contribution in [2.24, 2.45) is 0 Å². The van der Waals surface area contributed by atoms with Gasteiger partial charge in [-0.05, 0) is 55.2 Å². The molecular weight excluding hydrogens is 404 g/mol. The molecule has 0 saturated carbocycles. The van der Waals surface area contributed by atoms with E-state index in [0.29, 0.717) is 16.3 Å². The first kappa shape index (κ1) is 16.4. The number of anilines is 1. The molecule has 1 aliphatic carbocycles. The van der Waals surface area contributed by atoms with E-state index in [-0.39, 0.29) is 11.5 Å². The van der Waals surface area contributed by atoms with Crippen LogP contribution < -0.4 is 10.9 Å². The van der Waals surface area contributed by atoms with Gasteiger partial charge in [-0.2, -0.15) is 0 Å². The normalized spacial score (nSPS) is 13.0. The zero-order valence-corrected chi connectivity index (χ0v) is 15.5. The van der Waals surface area contributed by atoms with Crippen molar-refractivity contribution in [3.8, 4) is 0 Å². The Morgan fingerprint density at radius 2 is 1.92 bits per heavy atom. The van der Waals surface area contributed by atoms with Crippen LogP contribution in [0.25, 0.3) is 10.9 Å². The second kappa shape index (κ2) is 6.32. The number of pyridine rings is 1. The van der Waals surface area contributed by atoms with Crippen molar-refractivity contribution >= 4 is 50.0 Å². The molecule has 4 rings (SSSR count). The van der Waals surface area contributed by atoms with Crippen LogP contribution in [-0.2, 0) is 12.8 Å². The first-order valence-corrected chi connectivity index (χ1v) is 9.14. The molecule has 1 amide bonds.